The molecule has 1 aliphatic rings. The predicted molar refractivity (Wildman–Crippen MR) is 75.8 cm³/mol. The van der Waals surface area contributed by atoms with Gasteiger partial charge in [-0.25, -0.2) is 0 Å². The molecule has 0 atom stereocenters. The highest BCUT2D eigenvalue weighted by Crippen LogP contribution is 2.16. The maximum atomic E-state index is 12.4. The number of rotatable bonds is 3. The van der Waals surface area contributed by atoms with Crippen LogP contribution in [0.5, 0.6) is 5.75 Å². The Bertz CT molecular complexity index is 534. The average Bonchev–Trinajstić information content (AvgIpc) is 2.72. The van der Waals surface area contributed by atoms with Gasteiger partial charge >= 0.3 is 6.61 Å². The zero-order chi connectivity index (χ0) is 16.1. The average molecular weight is 312 g/mol. The molecule has 0 N–H and O–H groups in total. The number of carbonyl (C=O) groups excluding carboxylic acids is 2. The normalized spacial score (nSPS) is 15.6. The van der Waals surface area contributed by atoms with Crippen molar-refractivity contribution in [2.45, 2.75) is 20.0 Å². The molecule has 0 radical (unpaired) electrons. The minimum absolute atomic E-state index is 0.00259. The fourth-order valence-corrected chi connectivity index (χ4v) is 2.40. The van der Waals surface area contributed by atoms with Crippen LogP contribution in [0.25, 0.3) is 0 Å². The van der Waals surface area contributed by atoms with Crippen molar-refractivity contribution < 1.29 is 23.1 Å². The van der Waals surface area contributed by atoms with Crippen molar-refractivity contribution in [3.63, 3.8) is 0 Å². The Kier molecular flexibility index (Phi) is 5.30. The van der Waals surface area contributed by atoms with Gasteiger partial charge in [0.25, 0.3) is 5.91 Å². The number of amides is 2. The van der Waals surface area contributed by atoms with E-state index < -0.39 is 6.61 Å². The maximum Gasteiger partial charge on any atom is 0.387 e. The molecule has 1 aromatic rings. The summed E-state index contributed by atoms with van der Waals surface area (Å²) >= 11 is 0. The molecule has 0 bridgehead atoms. The summed E-state index contributed by atoms with van der Waals surface area (Å²) in [7, 11) is 0. The summed E-state index contributed by atoms with van der Waals surface area (Å²) in [5, 5.41) is 0. The molecule has 2 rings (SSSR count). The Morgan fingerprint density at radius 2 is 1.64 bits per heavy atom. The summed E-state index contributed by atoms with van der Waals surface area (Å²) in [6.07, 6.45) is 0.720. The zero-order valence-corrected chi connectivity index (χ0v) is 12.3. The molecule has 7 heteroatoms. The van der Waals surface area contributed by atoms with E-state index in [2.05, 4.69) is 4.74 Å². The second kappa shape index (κ2) is 7.20. The number of nitrogens with zero attached hydrogens (tertiary/aromatic N) is 2. The highest BCUT2D eigenvalue weighted by atomic mass is 19.3. The standard InChI is InChI=1S/C15H18F2N2O3/c1-11(20)18-7-2-8-19(10-9-18)14(21)12-3-5-13(6-4-12)22-15(16)17/h3-6,15H,2,7-10H2,1H3. The van der Waals surface area contributed by atoms with E-state index in [4.69, 9.17) is 0 Å². The van der Waals surface area contributed by atoms with Gasteiger partial charge in [-0.05, 0) is 30.7 Å². The van der Waals surface area contributed by atoms with Crippen LogP contribution < -0.4 is 4.74 Å². The molecule has 0 saturated carbocycles. The van der Waals surface area contributed by atoms with E-state index in [1.54, 1.807) is 9.80 Å². The van der Waals surface area contributed by atoms with Gasteiger partial charge in [-0.15, -0.1) is 0 Å². The van der Waals surface area contributed by atoms with Crippen LogP contribution in [-0.4, -0.2) is 54.4 Å². The molecule has 1 fully saturated rings. The van der Waals surface area contributed by atoms with Gasteiger partial charge in [0.2, 0.25) is 5.91 Å². The summed E-state index contributed by atoms with van der Waals surface area (Å²) < 4.78 is 28.4. The molecule has 0 spiro atoms. The molecule has 0 unspecified atom stereocenters. The summed E-state index contributed by atoms with van der Waals surface area (Å²) in [5.74, 6) is -0.151. The number of halogens is 2. The van der Waals surface area contributed by atoms with Crippen LogP contribution in [-0.2, 0) is 4.79 Å². The summed E-state index contributed by atoms with van der Waals surface area (Å²) in [4.78, 5) is 27.2. The molecular weight excluding hydrogens is 294 g/mol. The summed E-state index contributed by atoms with van der Waals surface area (Å²) in [5.41, 5.74) is 0.415. The smallest absolute Gasteiger partial charge is 0.387 e. The van der Waals surface area contributed by atoms with Crippen LogP contribution in [0.2, 0.25) is 0 Å². The van der Waals surface area contributed by atoms with Gasteiger partial charge < -0.3 is 14.5 Å². The third kappa shape index (κ3) is 4.16. The monoisotopic (exact) mass is 312 g/mol. The van der Waals surface area contributed by atoms with Crippen LogP contribution in [0.3, 0.4) is 0 Å². The quantitative estimate of drug-likeness (QED) is 0.857. The number of carbonyl (C=O) groups is 2. The van der Waals surface area contributed by atoms with Gasteiger partial charge in [-0.3, -0.25) is 9.59 Å². The highest BCUT2D eigenvalue weighted by Gasteiger charge is 2.21. The van der Waals surface area contributed by atoms with Crippen LogP contribution in [0.4, 0.5) is 8.78 Å². The number of ether oxygens (including phenoxy) is 1. The van der Waals surface area contributed by atoms with Crippen molar-refractivity contribution in [3.05, 3.63) is 29.8 Å². The molecule has 1 heterocycles. The maximum absolute atomic E-state index is 12.4. The largest absolute Gasteiger partial charge is 0.435 e. The van der Waals surface area contributed by atoms with E-state index in [0.29, 0.717) is 31.7 Å². The van der Waals surface area contributed by atoms with Gasteiger partial charge in [0.15, 0.2) is 0 Å². The Hall–Kier alpha value is -2.18. The summed E-state index contributed by atoms with van der Waals surface area (Å²) in [6, 6.07) is 5.62. The third-order valence-electron chi connectivity index (χ3n) is 3.55. The molecule has 5 nitrogen and oxygen atoms in total. The van der Waals surface area contributed by atoms with Gasteiger partial charge in [-0.1, -0.05) is 0 Å². The fraction of sp³-hybridized carbons (Fsp3) is 0.467. The molecule has 0 aromatic heterocycles. The fourth-order valence-electron chi connectivity index (χ4n) is 2.40. The molecule has 1 saturated heterocycles. The summed E-state index contributed by atoms with van der Waals surface area (Å²) in [6.45, 7) is 0.809. The first-order valence-corrected chi connectivity index (χ1v) is 7.07. The molecule has 0 aliphatic carbocycles. The topological polar surface area (TPSA) is 49.9 Å². The SMILES string of the molecule is CC(=O)N1CCCN(C(=O)c2ccc(OC(F)F)cc2)CC1. The molecule has 2 amide bonds. The van der Waals surface area contributed by atoms with Crippen LogP contribution in [0.15, 0.2) is 24.3 Å². The van der Waals surface area contributed by atoms with Crippen LogP contribution in [0.1, 0.15) is 23.7 Å². The van der Waals surface area contributed by atoms with Crippen molar-refractivity contribution in [3.8, 4) is 5.75 Å². The van der Waals surface area contributed by atoms with Gasteiger partial charge in [-0.2, -0.15) is 8.78 Å². The Morgan fingerprint density at radius 1 is 1.05 bits per heavy atom. The first kappa shape index (κ1) is 16.2. The lowest BCUT2D eigenvalue weighted by Gasteiger charge is -2.21. The van der Waals surface area contributed by atoms with Gasteiger partial charge in [0.1, 0.15) is 5.75 Å². The van der Waals surface area contributed by atoms with E-state index >= 15 is 0 Å². The third-order valence-corrected chi connectivity index (χ3v) is 3.55. The van der Waals surface area contributed by atoms with E-state index in [0.717, 1.165) is 6.42 Å². The highest BCUT2D eigenvalue weighted by molar-refractivity contribution is 5.94. The Morgan fingerprint density at radius 3 is 2.23 bits per heavy atom. The van der Waals surface area contributed by atoms with Crippen molar-refractivity contribution >= 4 is 11.8 Å². The van der Waals surface area contributed by atoms with Gasteiger partial charge in [0, 0.05) is 38.7 Å². The lowest BCUT2D eigenvalue weighted by molar-refractivity contribution is -0.128. The van der Waals surface area contributed by atoms with Gasteiger partial charge in [0.05, 0.1) is 0 Å². The molecule has 120 valence electrons. The number of hydrogen-bond donors (Lipinski definition) is 0. The molecule has 1 aromatic carbocycles. The lowest BCUT2D eigenvalue weighted by Crippen LogP contribution is -2.36. The second-order valence-corrected chi connectivity index (χ2v) is 5.05. The lowest BCUT2D eigenvalue weighted by atomic mass is 10.2. The number of benzene rings is 1. The first-order valence-electron chi connectivity index (χ1n) is 7.07. The van der Waals surface area contributed by atoms with E-state index in [9.17, 15) is 18.4 Å². The minimum atomic E-state index is -2.88. The van der Waals surface area contributed by atoms with E-state index in [1.165, 1.54) is 31.2 Å². The van der Waals surface area contributed by atoms with Crippen molar-refractivity contribution in [1.82, 2.24) is 9.80 Å². The Labute approximate surface area is 127 Å². The van der Waals surface area contributed by atoms with Crippen molar-refractivity contribution in [2.75, 3.05) is 26.2 Å². The number of hydrogen-bond acceptors (Lipinski definition) is 3. The molecule has 1 aliphatic heterocycles. The second-order valence-electron chi connectivity index (χ2n) is 5.05. The van der Waals surface area contributed by atoms with Crippen LogP contribution >= 0.6 is 0 Å². The number of alkyl halides is 2. The van der Waals surface area contributed by atoms with Crippen molar-refractivity contribution in [1.29, 1.82) is 0 Å². The zero-order valence-electron chi connectivity index (χ0n) is 12.3. The predicted octanol–water partition coefficient (Wildman–Crippen LogP) is 1.98. The first-order chi connectivity index (χ1) is 10.5. The van der Waals surface area contributed by atoms with E-state index in [-0.39, 0.29) is 17.6 Å². The molecular formula is C15H18F2N2O3. The van der Waals surface area contributed by atoms with Crippen LogP contribution in [0, 0.1) is 0 Å². The van der Waals surface area contributed by atoms with E-state index in [1.807, 2.05) is 0 Å². The Balaban J connectivity index is 2.00. The molecule has 22 heavy (non-hydrogen) atoms. The minimum Gasteiger partial charge on any atom is -0.435 e. The van der Waals surface area contributed by atoms with Crippen molar-refractivity contribution in [2.24, 2.45) is 0 Å².